The van der Waals surface area contributed by atoms with Crippen molar-refractivity contribution < 1.29 is 19.4 Å². The fourth-order valence-corrected chi connectivity index (χ4v) is 2.22. The maximum absolute atomic E-state index is 11.9. The molecule has 2 unspecified atom stereocenters. The van der Waals surface area contributed by atoms with Crippen LogP contribution in [0.2, 0.25) is 0 Å². The molecule has 6 heteroatoms. The second-order valence-electron chi connectivity index (χ2n) is 5.30. The average Bonchev–Trinajstić information content (AvgIpc) is 2.95. The number of anilines is 1. The summed E-state index contributed by atoms with van der Waals surface area (Å²) in [6.45, 7) is 3.24. The molecule has 1 aromatic carbocycles. The Labute approximate surface area is 124 Å². The van der Waals surface area contributed by atoms with E-state index in [-0.39, 0.29) is 6.03 Å². The normalized spacial score (nSPS) is 22.8. The minimum absolute atomic E-state index is 0.289. The number of urea groups is 1. The lowest BCUT2D eigenvalue weighted by atomic mass is 10.0. The Hall–Kier alpha value is -1.63. The fraction of sp³-hybridized carbons (Fsp3) is 0.533. The van der Waals surface area contributed by atoms with Crippen molar-refractivity contribution in [3.63, 3.8) is 0 Å². The molecular formula is C15H22N2O4. The minimum atomic E-state index is -0.517. The first-order chi connectivity index (χ1) is 10.0. The zero-order valence-electron chi connectivity index (χ0n) is 12.4. The second kappa shape index (κ2) is 6.89. The highest BCUT2D eigenvalue weighted by Crippen LogP contribution is 2.21. The summed E-state index contributed by atoms with van der Waals surface area (Å²) in [6.07, 6.45) is 0.254. The number of rotatable bonds is 5. The number of methoxy groups -OCH3 is 1. The van der Waals surface area contributed by atoms with Crippen LogP contribution in [-0.2, 0) is 9.47 Å². The highest BCUT2D eigenvalue weighted by molar-refractivity contribution is 5.89. The van der Waals surface area contributed by atoms with Crippen molar-refractivity contribution in [2.45, 2.75) is 25.0 Å². The Balaban J connectivity index is 1.84. The molecule has 1 aliphatic rings. The van der Waals surface area contributed by atoms with Crippen LogP contribution in [0, 0.1) is 0 Å². The van der Waals surface area contributed by atoms with Gasteiger partial charge in [0.2, 0.25) is 0 Å². The zero-order chi connectivity index (χ0) is 15.3. The molecule has 0 saturated carbocycles. The van der Waals surface area contributed by atoms with Crippen LogP contribution in [0.3, 0.4) is 0 Å². The third kappa shape index (κ3) is 4.17. The van der Waals surface area contributed by atoms with Crippen LogP contribution >= 0.6 is 0 Å². The maximum Gasteiger partial charge on any atom is 0.319 e. The van der Waals surface area contributed by atoms with Gasteiger partial charge >= 0.3 is 6.03 Å². The van der Waals surface area contributed by atoms with Crippen molar-refractivity contribution in [1.29, 1.82) is 0 Å². The first kappa shape index (κ1) is 15.8. The van der Waals surface area contributed by atoms with Crippen molar-refractivity contribution in [3.05, 3.63) is 29.8 Å². The van der Waals surface area contributed by atoms with Gasteiger partial charge in [-0.2, -0.15) is 0 Å². The highest BCUT2D eigenvalue weighted by atomic mass is 16.5. The minimum Gasteiger partial charge on any atom is -0.389 e. The van der Waals surface area contributed by atoms with Gasteiger partial charge < -0.3 is 25.2 Å². The number of hydrogen-bond acceptors (Lipinski definition) is 4. The summed E-state index contributed by atoms with van der Waals surface area (Å²) in [7, 11) is 1.63. The van der Waals surface area contributed by atoms with E-state index in [0.29, 0.717) is 25.4 Å². The largest absolute Gasteiger partial charge is 0.389 e. The lowest BCUT2D eigenvalue weighted by molar-refractivity contribution is -0.0135. The molecule has 2 rings (SSSR count). The Kier molecular flexibility index (Phi) is 5.17. The third-order valence-electron chi connectivity index (χ3n) is 3.72. The van der Waals surface area contributed by atoms with E-state index < -0.39 is 11.7 Å². The first-order valence-electron chi connectivity index (χ1n) is 7.00. The van der Waals surface area contributed by atoms with E-state index in [0.717, 1.165) is 12.0 Å². The van der Waals surface area contributed by atoms with E-state index in [1.807, 2.05) is 0 Å². The standard InChI is InChI=1S/C15H22N2O4/c1-11(18)12-3-5-13(6-4-12)17-14(19)16-9-15(20-2)7-8-21-10-15/h3-6,11,18H,7-10H2,1-2H3,(H2,16,17,19). The molecule has 1 fully saturated rings. The number of carbonyl (C=O) groups excluding carboxylic acids is 1. The molecule has 2 amide bonds. The summed E-state index contributed by atoms with van der Waals surface area (Å²) in [5.41, 5.74) is 1.06. The van der Waals surface area contributed by atoms with Gasteiger partial charge in [-0.15, -0.1) is 0 Å². The number of ether oxygens (including phenoxy) is 2. The predicted octanol–water partition coefficient (Wildman–Crippen LogP) is 1.67. The van der Waals surface area contributed by atoms with Crippen molar-refractivity contribution >= 4 is 11.7 Å². The van der Waals surface area contributed by atoms with E-state index in [1.54, 1.807) is 38.3 Å². The topological polar surface area (TPSA) is 79.8 Å². The lowest BCUT2D eigenvalue weighted by Gasteiger charge is -2.25. The number of amides is 2. The van der Waals surface area contributed by atoms with Crippen LogP contribution in [0.4, 0.5) is 10.5 Å². The summed E-state index contributed by atoms with van der Waals surface area (Å²) in [5.74, 6) is 0. The van der Waals surface area contributed by atoms with E-state index in [4.69, 9.17) is 9.47 Å². The molecule has 0 aromatic heterocycles. The number of aliphatic hydroxyl groups excluding tert-OH is 1. The second-order valence-corrected chi connectivity index (χ2v) is 5.30. The van der Waals surface area contributed by atoms with Crippen molar-refractivity contribution in [2.24, 2.45) is 0 Å². The van der Waals surface area contributed by atoms with Crippen molar-refractivity contribution in [1.82, 2.24) is 5.32 Å². The predicted molar refractivity (Wildman–Crippen MR) is 79.3 cm³/mol. The SMILES string of the molecule is COC1(CNC(=O)Nc2ccc(C(C)O)cc2)CCOC1. The number of nitrogens with one attached hydrogen (secondary N) is 2. The Morgan fingerprint density at radius 3 is 2.71 bits per heavy atom. The Morgan fingerprint density at radius 1 is 1.48 bits per heavy atom. The summed E-state index contributed by atoms with van der Waals surface area (Å²) in [6, 6.07) is 6.78. The van der Waals surface area contributed by atoms with Gasteiger partial charge in [0.05, 0.1) is 19.3 Å². The van der Waals surface area contributed by atoms with Gasteiger partial charge in [-0.1, -0.05) is 12.1 Å². The molecular weight excluding hydrogens is 272 g/mol. The molecule has 0 aliphatic carbocycles. The number of benzene rings is 1. The van der Waals surface area contributed by atoms with Crippen molar-refractivity contribution in [3.8, 4) is 0 Å². The van der Waals surface area contributed by atoms with Gasteiger partial charge in [-0.05, 0) is 24.6 Å². The molecule has 21 heavy (non-hydrogen) atoms. The van der Waals surface area contributed by atoms with Crippen LogP contribution in [0.1, 0.15) is 25.0 Å². The van der Waals surface area contributed by atoms with Gasteiger partial charge in [0.25, 0.3) is 0 Å². The lowest BCUT2D eigenvalue weighted by Crippen LogP contribution is -2.46. The molecule has 1 aliphatic heterocycles. The quantitative estimate of drug-likeness (QED) is 0.771. The number of carbonyl (C=O) groups is 1. The molecule has 6 nitrogen and oxygen atoms in total. The smallest absolute Gasteiger partial charge is 0.319 e. The fourth-order valence-electron chi connectivity index (χ4n) is 2.22. The van der Waals surface area contributed by atoms with E-state index in [9.17, 15) is 9.90 Å². The molecule has 1 aromatic rings. The van der Waals surface area contributed by atoms with E-state index in [2.05, 4.69) is 10.6 Å². The molecule has 2 atom stereocenters. The van der Waals surface area contributed by atoms with Crippen LogP contribution < -0.4 is 10.6 Å². The molecule has 116 valence electrons. The molecule has 1 saturated heterocycles. The highest BCUT2D eigenvalue weighted by Gasteiger charge is 2.35. The van der Waals surface area contributed by atoms with Crippen LogP contribution in [-0.4, -0.2) is 43.6 Å². The summed E-state index contributed by atoms with van der Waals surface area (Å²) in [5, 5.41) is 15.0. The Morgan fingerprint density at radius 2 is 2.19 bits per heavy atom. The zero-order valence-corrected chi connectivity index (χ0v) is 12.4. The van der Waals surface area contributed by atoms with Crippen LogP contribution in [0.25, 0.3) is 0 Å². The first-order valence-corrected chi connectivity index (χ1v) is 7.00. The monoisotopic (exact) mass is 294 g/mol. The molecule has 0 spiro atoms. The van der Waals surface area contributed by atoms with Gasteiger partial charge in [-0.3, -0.25) is 0 Å². The number of aliphatic hydroxyl groups is 1. The molecule has 3 N–H and O–H groups in total. The van der Waals surface area contributed by atoms with E-state index >= 15 is 0 Å². The summed E-state index contributed by atoms with van der Waals surface area (Å²) < 4.78 is 10.8. The number of hydrogen-bond donors (Lipinski definition) is 3. The average molecular weight is 294 g/mol. The third-order valence-corrected chi connectivity index (χ3v) is 3.72. The molecule has 0 radical (unpaired) electrons. The maximum atomic E-state index is 11.9. The summed E-state index contributed by atoms with van der Waals surface area (Å²) >= 11 is 0. The molecule has 0 bridgehead atoms. The van der Waals surface area contributed by atoms with Gasteiger partial charge in [0.1, 0.15) is 5.60 Å². The van der Waals surface area contributed by atoms with Gasteiger partial charge in [0.15, 0.2) is 0 Å². The van der Waals surface area contributed by atoms with Gasteiger partial charge in [0, 0.05) is 25.8 Å². The van der Waals surface area contributed by atoms with E-state index in [1.165, 1.54) is 0 Å². The van der Waals surface area contributed by atoms with Crippen molar-refractivity contribution in [2.75, 3.05) is 32.2 Å². The Bertz CT molecular complexity index is 467. The van der Waals surface area contributed by atoms with Gasteiger partial charge in [-0.25, -0.2) is 4.79 Å². The van der Waals surface area contributed by atoms with Crippen LogP contribution in [0.5, 0.6) is 0 Å². The molecule has 1 heterocycles. The van der Waals surface area contributed by atoms with Crippen LogP contribution in [0.15, 0.2) is 24.3 Å². The summed E-state index contributed by atoms with van der Waals surface area (Å²) in [4.78, 5) is 11.9.